The Morgan fingerprint density at radius 3 is 2.61 bits per heavy atom. The molecule has 0 N–H and O–H groups in total. The Labute approximate surface area is 170 Å². The zero-order valence-electron chi connectivity index (χ0n) is 18.0. The number of hydrogen-bond donors (Lipinski definition) is 0. The van der Waals surface area contributed by atoms with Crippen molar-refractivity contribution in [3.8, 4) is 12.3 Å². The number of terminal acetylenes is 1. The van der Waals surface area contributed by atoms with Gasteiger partial charge in [0.25, 0.3) is 0 Å². The van der Waals surface area contributed by atoms with Gasteiger partial charge in [-0.2, -0.15) is 0 Å². The highest BCUT2D eigenvalue weighted by Gasteiger charge is 2.64. The van der Waals surface area contributed by atoms with Crippen molar-refractivity contribution in [2.24, 2.45) is 46.3 Å². The van der Waals surface area contributed by atoms with Crippen molar-refractivity contribution in [1.29, 1.82) is 0 Å². The Morgan fingerprint density at radius 2 is 1.93 bits per heavy atom. The smallest absolute Gasteiger partial charge is 0.302 e. The van der Waals surface area contributed by atoms with E-state index >= 15 is 0 Å². The minimum Gasteiger partial charge on any atom is -0.462 e. The molecule has 0 heterocycles. The van der Waals surface area contributed by atoms with Crippen LogP contribution >= 0.6 is 0 Å². The SMILES string of the molecule is C#CC[C@]12CCC(=O)C[C@@H]1[C@H](C)C[C@H]1[C@@H]3C[C@@H](C)[C@H](OC(C)=O)[C@@]3(C)CC[C@@H]12. The maximum Gasteiger partial charge on any atom is 0.302 e. The molecule has 28 heavy (non-hydrogen) atoms. The van der Waals surface area contributed by atoms with Crippen LogP contribution in [0.4, 0.5) is 0 Å². The molecule has 0 bridgehead atoms. The Kier molecular flexibility index (Phi) is 4.92. The zero-order chi connectivity index (χ0) is 20.3. The van der Waals surface area contributed by atoms with Crippen molar-refractivity contribution in [3.63, 3.8) is 0 Å². The standard InChI is InChI=1S/C25H36O3/c1-6-9-25-11-7-18(27)14-21(25)15(2)12-19-20(25)8-10-24(5)22(19)13-16(3)23(24)28-17(4)26/h1,15-16,19-23H,7-14H2,2-5H3/t15-,16-,19-,20+,21-,22+,23+,24+,25-/m1/s1. The van der Waals surface area contributed by atoms with Crippen molar-refractivity contribution in [1.82, 2.24) is 0 Å². The van der Waals surface area contributed by atoms with E-state index in [0.717, 1.165) is 32.1 Å². The molecule has 4 aliphatic carbocycles. The van der Waals surface area contributed by atoms with Crippen molar-refractivity contribution in [3.05, 3.63) is 0 Å². The van der Waals surface area contributed by atoms with Crippen LogP contribution in [0.15, 0.2) is 0 Å². The van der Waals surface area contributed by atoms with E-state index in [0.29, 0.717) is 47.7 Å². The van der Waals surface area contributed by atoms with Crippen LogP contribution in [-0.4, -0.2) is 17.9 Å². The van der Waals surface area contributed by atoms with Gasteiger partial charge < -0.3 is 4.74 Å². The fraction of sp³-hybridized carbons (Fsp3) is 0.840. The van der Waals surface area contributed by atoms with Gasteiger partial charge in [0.05, 0.1) is 0 Å². The molecule has 0 spiro atoms. The van der Waals surface area contributed by atoms with Crippen LogP contribution in [0.2, 0.25) is 0 Å². The van der Waals surface area contributed by atoms with Crippen molar-refractivity contribution in [2.75, 3.05) is 0 Å². The fourth-order valence-corrected chi connectivity index (χ4v) is 8.55. The maximum absolute atomic E-state index is 12.3. The number of hydrogen-bond acceptors (Lipinski definition) is 3. The van der Waals surface area contributed by atoms with E-state index in [4.69, 9.17) is 11.2 Å². The zero-order valence-corrected chi connectivity index (χ0v) is 18.0. The number of Topliss-reactive ketones (excluding diaryl/α,β-unsaturated/α-hetero) is 1. The third kappa shape index (κ3) is 2.78. The second-order valence-corrected chi connectivity index (χ2v) is 10.8. The van der Waals surface area contributed by atoms with Gasteiger partial charge in [-0.3, -0.25) is 9.59 Å². The van der Waals surface area contributed by atoms with Crippen molar-refractivity contribution >= 4 is 11.8 Å². The summed E-state index contributed by atoms with van der Waals surface area (Å²) in [6.45, 7) is 8.54. The van der Waals surface area contributed by atoms with Crippen LogP contribution in [-0.2, 0) is 14.3 Å². The van der Waals surface area contributed by atoms with Gasteiger partial charge in [0, 0.05) is 31.6 Å². The summed E-state index contributed by atoms with van der Waals surface area (Å²) in [5.41, 5.74) is 0.232. The van der Waals surface area contributed by atoms with Crippen LogP contribution < -0.4 is 0 Å². The van der Waals surface area contributed by atoms with Crippen LogP contribution in [0.25, 0.3) is 0 Å². The molecule has 154 valence electrons. The number of carbonyl (C=O) groups is 2. The minimum atomic E-state index is -0.146. The van der Waals surface area contributed by atoms with Gasteiger partial charge >= 0.3 is 5.97 Å². The lowest BCUT2D eigenvalue weighted by Gasteiger charge is -2.62. The molecule has 4 saturated carbocycles. The summed E-state index contributed by atoms with van der Waals surface area (Å²) in [6, 6.07) is 0. The van der Waals surface area contributed by atoms with Crippen LogP contribution in [0.1, 0.15) is 79.1 Å². The average molecular weight is 385 g/mol. The highest BCUT2D eigenvalue weighted by Crippen LogP contribution is 2.69. The Morgan fingerprint density at radius 1 is 1.18 bits per heavy atom. The number of fused-ring (bicyclic) bond motifs is 5. The predicted molar refractivity (Wildman–Crippen MR) is 109 cm³/mol. The number of esters is 1. The molecule has 0 saturated heterocycles. The Bertz CT molecular complexity index is 705. The molecule has 0 radical (unpaired) electrons. The first-order chi connectivity index (χ1) is 13.2. The summed E-state index contributed by atoms with van der Waals surface area (Å²) in [6.07, 6.45) is 13.8. The van der Waals surface area contributed by atoms with E-state index in [9.17, 15) is 9.59 Å². The van der Waals surface area contributed by atoms with E-state index < -0.39 is 0 Å². The summed E-state index contributed by atoms with van der Waals surface area (Å²) in [5, 5.41) is 0. The lowest BCUT2D eigenvalue weighted by atomic mass is 9.42. The maximum atomic E-state index is 12.3. The molecule has 9 atom stereocenters. The summed E-state index contributed by atoms with van der Waals surface area (Å²) >= 11 is 0. The van der Waals surface area contributed by atoms with E-state index in [2.05, 4.69) is 26.7 Å². The quantitative estimate of drug-likeness (QED) is 0.496. The molecule has 4 fully saturated rings. The van der Waals surface area contributed by atoms with Crippen LogP contribution in [0.3, 0.4) is 0 Å². The van der Waals surface area contributed by atoms with Crippen molar-refractivity contribution in [2.45, 2.75) is 85.2 Å². The van der Waals surface area contributed by atoms with Gasteiger partial charge in [-0.15, -0.1) is 12.3 Å². The Balaban J connectivity index is 1.69. The third-order valence-electron chi connectivity index (χ3n) is 9.52. The van der Waals surface area contributed by atoms with Gasteiger partial charge in [0.15, 0.2) is 0 Å². The first-order valence-corrected chi connectivity index (χ1v) is 11.4. The summed E-state index contributed by atoms with van der Waals surface area (Å²) in [7, 11) is 0. The first kappa shape index (κ1) is 20.0. The first-order valence-electron chi connectivity index (χ1n) is 11.4. The van der Waals surface area contributed by atoms with E-state index in [1.807, 2.05) is 0 Å². The summed E-state index contributed by atoms with van der Waals surface area (Å²) in [4.78, 5) is 24.1. The Hall–Kier alpha value is -1.30. The molecular weight excluding hydrogens is 348 g/mol. The fourth-order valence-electron chi connectivity index (χ4n) is 8.55. The lowest BCUT2D eigenvalue weighted by molar-refractivity contribution is -0.170. The molecule has 4 rings (SSSR count). The van der Waals surface area contributed by atoms with Crippen molar-refractivity contribution < 1.29 is 14.3 Å². The van der Waals surface area contributed by atoms with E-state index in [-0.39, 0.29) is 22.9 Å². The molecule has 0 amide bonds. The molecule has 4 aliphatic rings. The molecular formula is C25H36O3. The summed E-state index contributed by atoms with van der Waals surface area (Å²) < 4.78 is 5.88. The molecule has 0 aromatic carbocycles. The molecule has 0 aromatic heterocycles. The second kappa shape index (κ2) is 6.89. The predicted octanol–water partition coefficient (Wildman–Crippen LogP) is 5.03. The molecule has 3 heteroatoms. The second-order valence-electron chi connectivity index (χ2n) is 10.8. The molecule has 3 nitrogen and oxygen atoms in total. The highest BCUT2D eigenvalue weighted by molar-refractivity contribution is 5.79. The molecule has 0 aliphatic heterocycles. The molecule has 0 aromatic rings. The van der Waals surface area contributed by atoms with Gasteiger partial charge in [0.1, 0.15) is 11.9 Å². The van der Waals surface area contributed by atoms with Gasteiger partial charge in [0.2, 0.25) is 0 Å². The summed E-state index contributed by atoms with van der Waals surface area (Å²) in [5.74, 6) is 6.61. The number of rotatable bonds is 2. The molecule has 0 unspecified atom stereocenters. The monoisotopic (exact) mass is 384 g/mol. The van der Waals surface area contributed by atoms with Gasteiger partial charge in [-0.05, 0) is 73.0 Å². The third-order valence-corrected chi connectivity index (χ3v) is 9.52. The number of carbonyl (C=O) groups excluding carboxylic acids is 2. The number of ether oxygens (including phenoxy) is 1. The minimum absolute atomic E-state index is 0.0421. The van der Waals surface area contributed by atoms with E-state index in [1.165, 1.54) is 12.8 Å². The van der Waals surface area contributed by atoms with Gasteiger partial charge in [-0.25, -0.2) is 0 Å². The van der Waals surface area contributed by atoms with Gasteiger partial charge in [-0.1, -0.05) is 20.8 Å². The number of ketones is 1. The van der Waals surface area contributed by atoms with E-state index in [1.54, 1.807) is 6.92 Å². The largest absolute Gasteiger partial charge is 0.462 e. The lowest BCUT2D eigenvalue weighted by Crippen LogP contribution is -2.57. The van der Waals surface area contributed by atoms with Crippen LogP contribution in [0, 0.1) is 58.7 Å². The normalized spacial score (nSPS) is 50.1. The van der Waals surface area contributed by atoms with Crippen LogP contribution in [0.5, 0.6) is 0 Å². The highest BCUT2D eigenvalue weighted by atomic mass is 16.5. The topological polar surface area (TPSA) is 43.4 Å². The average Bonchev–Trinajstić information content (AvgIpc) is 2.88.